The molecular weight excluding hydrogens is 405 g/mol. The van der Waals surface area contributed by atoms with Crippen molar-refractivity contribution in [3.63, 3.8) is 0 Å². The van der Waals surface area contributed by atoms with Crippen molar-refractivity contribution in [1.82, 2.24) is 14.5 Å². The number of pyridine rings is 1. The fraction of sp³-hybridized carbons (Fsp3) is 0.0526. The third-order valence-electron chi connectivity index (χ3n) is 3.90. The minimum atomic E-state index is -0.498. The molecule has 4 rings (SSSR count). The average Bonchev–Trinajstić information content (AvgIpc) is 3.02. The molecule has 0 unspecified atom stereocenters. The van der Waals surface area contributed by atoms with Crippen molar-refractivity contribution in [2.24, 2.45) is 0 Å². The summed E-state index contributed by atoms with van der Waals surface area (Å²) in [6, 6.07) is 14.9. The first kappa shape index (κ1) is 16.2. The number of hydrogen-bond acceptors (Lipinski definition) is 2. The summed E-state index contributed by atoms with van der Waals surface area (Å²) < 4.78 is 17.3. The third-order valence-corrected chi connectivity index (χ3v) is 4.72. The van der Waals surface area contributed by atoms with Crippen molar-refractivity contribution in [3.8, 4) is 22.8 Å². The summed E-state index contributed by atoms with van der Waals surface area (Å²) >= 11 is 9.29. The summed E-state index contributed by atoms with van der Waals surface area (Å²) in [6.07, 6.45) is 3.85. The van der Waals surface area contributed by atoms with E-state index in [0.717, 1.165) is 16.7 Å². The molecule has 0 saturated carbocycles. The molecule has 0 amide bonds. The van der Waals surface area contributed by atoms with Crippen LogP contribution in [0.25, 0.3) is 22.8 Å². The van der Waals surface area contributed by atoms with Crippen molar-refractivity contribution in [2.75, 3.05) is 0 Å². The lowest BCUT2D eigenvalue weighted by atomic mass is 10.2. The van der Waals surface area contributed by atoms with Crippen LogP contribution in [0, 0.1) is 5.82 Å². The Labute approximate surface area is 157 Å². The topological polar surface area (TPSA) is 30.7 Å². The quantitative estimate of drug-likeness (QED) is 0.432. The van der Waals surface area contributed by atoms with Crippen LogP contribution < -0.4 is 0 Å². The average molecular weight is 417 g/mol. The molecule has 25 heavy (non-hydrogen) atoms. The lowest BCUT2D eigenvalue weighted by Gasteiger charge is -2.08. The summed E-state index contributed by atoms with van der Waals surface area (Å²) in [5.41, 5.74) is 2.92. The first-order valence-corrected chi connectivity index (χ1v) is 8.79. The lowest BCUT2D eigenvalue weighted by Crippen LogP contribution is -2.00. The second-order valence-corrected chi connectivity index (χ2v) is 6.99. The van der Waals surface area contributed by atoms with E-state index < -0.39 is 5.82 Å². The van der Waals surface area contributed by atoms with Gasteiger partial charge in [-0.05, 0) is 35.9 Å². The van der Waals surface area contributed by atoms with Crippen molar-refractivity contribution < 1.29 is 4.39 Å². The zero-order valence-corrected chi connectivity index (χ0v) is 15.3. The zero-order chi connectivity index (χ0) is 17.4. The minimum Gasteiger partial charge on any atom is -0.348 e. The van der Waals surface area contributed by atoms with Gasteiger partial charge < -0.3 is 4.57 Å². The number of hydrogen-bond donors (Lipinski definition) is 0. The van der Waals surface area contributed by atoms with Gasteiger partial charge in [0.2, 0.25) is 0 Å². The molecule has 0 aromatic heterocycles. The van der Waals surface area contributed by atoms with E-state index in [1.165, 1.54) is 11.6 Å². The van der Waals surface area contributed by atoms with Gasteiger partial charge in [-0.15, -0.1) is 0 Å². The van der Waals surface area contributed by atoms with Crippen LogP contribution in [0.15, 0.2) is 65.4 Å². The van der Waals surface area contributed by atoms with Crippen molar-refractivity contribution >= 4 is 27.5 Å². The second kappa shape index (κ2) is 6.58. The molecule has 0 radical (unpaired) electrons. The van der Waals surface area contributed by atoms with Gasteiger partial charge in [0, 0.05) is 23.4 Å². The highest BCUT2D eigenvalue weighted by Crippen LogP contribution is 2.29. The summed E-state index contributed by atoms with van der Waals surface area (Å²) in [6.45, 7) is 0.719. The number of nitrogens with zero attached hydrogens (tertiary/aromatic N) is 3. The first-order chi connectivity index (χ1) is 12.1. The fourth-order valence-electron chi connectivity index (χ4n) is 2.65. The summed E-state index contributed by atoms with van der Waals surface area (Å²) in [5, 5.41) is 0.0664. The van der Waals surface area contributed by atoms with Crippen LogP contribution in [0.2, 0.25) is 5.02 Å². The SMILES string of the molecule is Fc1c(Cl)cccc1-c1nc2ccn(Cc3ccc(Br)cc3)cc-2n1. The van der Waals surface area contributed by atoms with Crippen molar-refractivity contribution in [2.45, 2.75) is 6.54 Å². The van der Waals surface area contributed by atoms with Gasteiger partial charge in [0.05, 0.1) is 16.3 Å². The van der Waals surface area contributed by atoms with E-state index in [2.05, 4.69) is 38.0 Å². The number of imidazole rings is 1. The first-order valence-electron chi connectivity index (χ1n) is 7.62. The van der Waals surface area contributed by atoms with E-state index in [0.29, 0.717) is 17.1 Å². The van der Waals surface area contributed by atoms with E-state index >= 15 is 0 Å². The third kappa shape index (κ3) is 3.30. The fourth-order valence-corrected chi connectivity index (χ4v) is 3.09. The van der Waals surface area contributed by atoms with Crippen molar-refractivity contribution in [3.05, 3.63) is 81.8 Å². The van der Waals surface area contributed by atoms with E-state index in [1.54, 1.807) is 12.1 Å². The number of benzene rings is 2. The molecule has 0 bridgehead atoms. The number of halogens is 3. The van der Waals surface area contributed by atoms with Crippen LogP contribution >= 0.6 is 27.5 Å². The molecule has 2 aliphatic heterocycles. The van der Waals surface area contributed by atoms with Gasteiger partial charge in [0.15, 0.2) is 11.6 Å². The Kier molecular flexibility index (Phi) is 4.27. The highest BCUT2D eigenvalue weighted by atomic mass is 79.9. The molecule has 0 atom stereocenters. The Hall–Kier alpha value is -2.24. The molecular formula is C19H12BrClFN3. The summed E-state index contributed by atoms with van der Waals surface area (Å²) in [4.78, 5) is 8.88. The Morgan fingerprint density at radius 2 is 1.76 bits per heavy atom. The summed E-state index contributed by atoms with van der Waals surface area (Å²) in [7, 11) is 0. The lowest BCUT2D eigenvalue weighted by molar-refractivity contribution is 0.630. The molecule has 2 aromatic rings. The molecule has 0 spiro atoms. The van der Waals surface area contributed by atoms with Gasteiger partial charge in [0.1, 0.15) is 5.69 Å². The van der Waals surface area contributed by atoms with E-state index in [-0.39, 0.29) is 5.02 Å². The Morgan fingerprint density at radius 1 is 1.00 bits per heavy atom. The Balaban J connectivity index is 1.69. The standard InChI is InChI=1S/C19H12BrClFN3/c20-13-6-4-12(5-7-13)10-25-9-8-16-17(11-25)24-19(23-16)14-2-1-3-15(21)18(14)22/h1-9,11H,10H2. The number of rotatable bonds is 3. The normalized spacial score (nSPS) is 11.2. The van der Waals surface area contributed by atoms with Crippen LogP contribution in [0.1, 0.15) is 5.56 Å². The number of fused-ring (bicyclic) bond motifs is 1. The highest BCUT2D eigenvalue weighted by molar-refractivity contribution is 9.10. The van der Waals surface area contributed by atoms with Gasteiger partial charge in [-0.2, -0.15) is 0 Å². The smallest absolute Gasteiger partial charge is 0.163 e. The molecule has 2 heterocycles. The monoisotopic (exact) mass is 415 g/mol. The van der Waals surface area contributed by atoms with Crippen LogP contribution in [-0.2, 0) is 6.54 Å². The predicted molar refractivity (Wildman–Crippen MR) is 100 cm³/mol. The summed E-state index contributed by atoms with van der Waals surface area (Å²) in [5.74, 6) is -0.154. The van der Waals surface area contributed by atoms with Crippen LogP contribution in [-0.4, -0.2) is 14.5 Å². The molecule has 0 saturated heterocycles. The molecule has 0 fully saturated rings. The van der Waals surface area contributed by atoms with Crippen molar-refractivity contribution in [1.29, 1.82) is 0 Å². The predicted octanol–water partition coefficient (Wildman–Crippen LogP) is 5.65. The highest BCUT2D eigenvalue weighted by Gasteiger charge is 2.16. The van der Waals surface area contributed by atoms with Crippen LogP contribution in [0.3, 0.4) is 0 Å². The Bertz CT molecular complexity index is 1010. The maximum absolute atomic E-state index is 14.2. The van der Waals surface area contributed by atoms with Gasteiger partial charge in [0.25, 0.3) is 0 Å². The van der Waals surface area contributed by atoms with Gasteiger partial charge in [-0.1, -0.05) is 45.7 Å². The zero-order valence-electron chi connectivity index (χ0n) is 13.0. The molecule has 3 nitrogen and oxygen atoms in total. The van der Waals surface area contributed by atoms with E-state index in [1.807, 2.05) is 35.2 Å². The van der Waals surface area contributed by atoms with Gasteiger partial charge >= 0.3 is 0 Å². The minimum absolute atomic E-state index is 0.0664. The number of aromatic nitrogens is 3. The van der Waals surface area contributed by atoms with Crippen LogP contribution in [0.5, 0.6) is 0 Å². The maximum Gasteiger partial charge on any atom is 0.163 e. The molecule has 2 aliphatic rings. The Morgan fingerprint density at radius 3 is 2.56 bits per heavy atom. The molecule has 0 aliphatic carbocycles. The second-order valence-electron chi connectivity index (χ2n) is 5.66. The van der Waals surface area contributed by atoms with E-state index in [9.17, 15) is 4.39 Å². The molecule has 2 aromatic carbocycles. The van der Waals surface area contributed by atoms with Gasteiger partial charge in [-0.3, -0.25) is 0 Å². The molecule has 0 N–H and O–H groups in total. The van der Waals surface area contributed by atoms with E-state index in [4.69, 9.17) is 11.6 Å². The molecule has 124 valence electrons. The maximum atomic E-state index is 14.2. The van der Waals surface area contributed by atoms with Gasteiger partial charge in [-0.25, -0.2) is 14.4 Å². The largest absolute Gasteiger partial charge is 0.348 e. The molecule has 6 heteroatoms. The van der Waals surface area contributed by atoms with Crippen LogP contribution in [0.4, 0.5) is 4.39 Å².